The van der Waals surface area contributed by atoms with E-state index in [0.29, 0.717) is 0 Å². The first-order valence-electron chi connectivity index (χ1n) is 23.9. The first-order valence-corrected chi connectivity index (χ1v) is 23.9. The molecule has 2 aliphatic heterocycles. The van der Waals surface area contributed by atoms with Crippen LogP contribution in [0.15, 0.2) is 0 Å². The van der Waals surface area contributed by atoms with Gasteiger partial charge in [-0.05, 0) is 89.5 Å². The minimum absolute atomic E-state index is 0.302. The van der Waals surface area contributed by atoms with Gasteiger partial charge in [0.1, 0.15) is 65.6 Å². The Morgan fingerprint density at radius 1 is 0.459 bits per heavy atom. The number of alkyl carbamates (subject to hydrolysis) is 4. The van der Waals surface area contributed by atoms with Crippen LogP contribution >= 0.6 is 0 Å². The fraction of sp³-hybridized carbons (Fsp3) is 0.809. The maximum Gasteiger partial charge on any atom is 0.408 e. The number of carbonyl (C=O) groups is 9. The highest BCUT2D eigenvalue weighted by molar-refractivity contribution is 5.71. The van der Waals surface area contributed by atoms with E-state index in [9.17, 15) is 48.3 Å². The monoisotopic (exact) mass is 1060 g/mol. The standard InChI is InChI=1S/C47H76N4O23/c1-21(52)62-20-29-34(69-38-30(51-43(61)74-47(15,16)17)35(65-24(4)55)33(64-23(3)54)28(67-38)19-48-40(58)71-44(6,7)8)37(66-25(5)56)39(68-29)70-36-31(57)26(49-41(59)72-45(9,10)11)18-27(32(36)63-22(2)53)50-42(60)73-46(12,13)14/h26-39,57H,18-20H2,1-17H3,(H,48,58)(H,49,59)(H,50,60)(H,51,61)/t26-,27+,28+,29+,30-,31+,32-,33-,34+,35-,36-,37+,38-,39-/m0/s1. The summed E-state index contributed by atoms with van der Waals surface area (Å²) in [7, 11) is 0. The average molecular weight is 1070 g/mol. The Labute approximate surface area is 429 Å². The molecule has 0 aromatic rings. The van der Waals surface area contributed by atoms with E-state index in [1.807, 2.05) is 0 Å². The third-order valence-corrected chi connectivity index (χ3v) is 10.1. The first kappa shape index (κ1) is 62.5. The van der Waals surface area contributed by atoms with Crippen LogP contribution in [-0.4, -0.2) is 181 Å². The van der Waals surface area contributed by atoms with Gasteiger partial charge in [-0.2, -0.15) is 0 Å². The van der Waals surface area contributed by atoms with Gasteiger partial charge in [0.25, 0.3) is 0 Å². The van der Waals surface area contributed by atoms with E-state index >= 15 is 0 Å². The zero-order valence-corrected chi connectivity index (χ0v) is 45.1. The minimum Gasteiger partial charge on any atom is -0.463 e. The van der Waals surface area contributed by atoms with Crippen LogP contribution in [0.2, 0.25) is 0 Å². The van der Waals surface area contributed by atoms with Gasteiger partial charge in [-0.3, -0.25) is 24.0 Å². The van der Waals surface area contributed by atoms with Crippen LogP contribution < -0.4 is 21.3 Å². The molecule has 74 heavy (non-hydrogen) atoms. The third-order valence-electron chi connectivity index (χ3n) is 10.1. The maximum atomic E-state index is 13.6. The smallest absolute Gasteiger partial charge is 0.408 e. The van der Waals surface area contributed by atoms with Crippen molar-refractivity contribution in [1.82, 2.24) is 21.3 Å². The zero-order valence-electron chi connectivity index (χ0n) is 45.1. The number of rotatable bonds is 15. The molecule has 0 aromatic heterocycles. The van der Waals surface area contributed by atoms with Crippen LogP contribution in [0, 0.1) is 0 Å². The Morgan fingerprint density at radius 3 is 1.34 bits per heavy atom. The van der Waals surface area contributed by atoms with Gasteiger partial charge in [-0.25, -0.2) is 19.2 Å². The zero-order chi connectivity index (χ0) is 56.4. The fourth-order valence-corrected chi connectivity index (χ4v) is 7.77. The summed E-state index contributed by atoms with van der Waals surface area (Å²) < 4.78 is 75.6. The van der Waals surface area contributed by atoms with Crippen molar-refractivity contribution in [3.8, 4) is 0 Å². The Morgan fingerprint density at radius 2 is 0.865 bits per heavy atom. The molecule has 0 aromatic carbocycles. The quantitative estimate of drug-likeness (QED) is 0.116. The SMILES string of the molecule is CC(=O)OC[C@H]1O[C@@H](O[C@H]2[C@H](O)[C@@H](NC(=O)OC(C)(C)C)C[C@@H](NC(=O)OC(C)(C)C)[C@@H]2OC(C)=O)[C@H](OC(C)=O)[C@@H]1O[C@@H]1O[C@H](CNC(=O)OC(C)(C)C)[C@H](OC(C)=O)[C@@H](OC(C)=O)[C@@H]1NC(=O)OC(C)(C)C. The van der Waals surface area contributed by atoms with Gasteiger partial charge >= 0.3 is 54.2 Å². The molecule has 0 spiro atoms. The van der Waals surface area contributed by atoms with Crippen molar-refractivity contribution in [3.05, 3.63) is 0 Å². The van der Waals surface area contributed by atoms with Crippen LogP contribution in [0.4, 0.5) is 19.2 Å². The van der Waals surface area contributed by atoms with Gasteiger partial charge in [0.05, 0.1) is 18.6 Å². The van der Waals surface area contributed by atoms with E-state index < -0.39 is 175 Å². The molecule has 27 heteroatoms. The van der Waals surface area contributed by atoms with Crippen LogP contribution in [0.5, 0.6) is 0 Å². The van der Waals surface area contributed by atoms with E-state index in [1.165, 1.54) is 0 Å². The number of hydrogen-bond acceptors (Lipinski definition) is 23. The predicted octanol–water partition coefficient (Wildman–Crippen LogP) is 2.47. The normalized spacial score (nSPS) is 29.2. The average Bonchev–Trinajstić information content (AvgIpc) is 3.49. The van der Waals surface area contributed by atoms with Crippen molar-refractivity contribution in [2.75, 3.05) is 13.2 Å². The summed E-state index contributed by atoms with van der Waals surface area (Å²) in [6.07, 6.45) is -23.2. The number of ether oxygens (including phenoxy) is 13. The number of amides is 4. The molecule has 422 valence electrons. The lowest BCUT2D eigenvalue weighted by Gasteiger charge is -2.46. The summed E-state index contributed by atoms with van der Waals surface area (Å²) in [5, 5.41) is 22.3. The molecule has 0 radical (unpaired) electrons. The number of hydrogen-bond donors (Lipinski definition) is 5. The van der Waals surface area contributed by atoms with E-state index in [2.05, 4.69) is 21.3 Å². The molecule has 3 fully saturated rings. The Bertz CT molecular complexity index is 2010. The lowest BCUT2D eigenvalue weighted by molar-refractivity contribution is -0.290. The summed E-state index contributed by atoms with van der Waals surface area (Å²) in [6.45, 7) is 23.1. The first-order chi connectivity index (χ1) is 33.8. The molecular formula is C47H76N4O23. The van der Waals surface area contributed by atoms with Crippen molar-refractivity contribution in [3.63, 3.8) is 0 Å². The summed E-state index contributed by atoms with van der Waals surface area (Å²) in [6, 6.07) is -4.32. The molecule has 27 nitrogen and oxygen atoms in total. The van der Waals surface area contributed by atoms with Crippen LogP contribution in [-0.2, 0) is 85.6 Å². The van der Waals surface area contributed by atoms with Crippen molar-refractivity contribution in [1.29, 1.82) is 0 Å². The summed E-state index contributed by atoms with van der Waals surface area (Å²) in [5.41, 5.74) is -4.11. The van der Waals surface area contributed by atoms with Crippen LogP contribution in [0.3, 0.4) is 0 Å². The highest BCUT2D eigenvalue weighted by Gasteiger charge is 2.58. The van der Waals surface area contributed by atoms with Crippen LogP contribution in [0.25, 0.3) is 0 Å². The Hall–Kier alpha value is -5.77. The Kier molecular flexibility index (Phi) is 21.7. The van der Waals surface area contributed by atoms with Gasteiger partial charge in [0, 0.05) is 34.6 Å². The van der Waals surface area contributed by atoms with Gasteiger partial charge in [0.15, 0.2) is 37.0 Å². The molecule has 0 bridgehead atoms. The topological polar surface area (TPSA) is 342 Å². The summed E-state index contributed by atoms with van der Waals surface area (Å²) in [4.78, 5) is 117. The fourth-order valence-electron chi connectivity index (χ4n) is 7.77. The van der Waals surface area contributed by atoms with Gasteiger partial charge in [-0.1, -0.05) is 0 Å². The molecule has 3 aliphatic rings. The predicted molar refractivity (Wildman–Crippen MR) is 250 cm³/mol. The largest absolute Gasteiger partial charge is 0.463 e. The van der Waals surface area contributed by atoms with Gasteiger partial charge in [-0.15, -0.1) is 0 Å². The molecule has 1 aliphatic carbocycles. The highest BCUT2D eigenvalue weighted by Crippen LogP contribution is 2.37. The van der Waals surface area contributed by atoms with Crippen molar-refractivity contribution in [2.24, 2.45) is 0 Å². The molecule has 2 heterocycles. The van der Waals surface area contributed by atoms with E-state index in [4.69, 9.17) is 61.6 Å². The molecule has 14 atom stereocenters. The van der Waals surface area contributed by atoms with Crippen molar-refractivity contribution in [2.45, 2.75) is 232 Å². The van der Waals surface area contributed by atoms with E-state index in [-0.39, 0.29) is 6.42 Å². The summed E-state index contributed by atoms with van der Waals surface area (Å²) in [5.74, 6) is -4.57. The molecule has 4 amide bonds. The number of nitrogens with one attached hydrogen (secondary N) is 4. The number of aliphatic hydroxyl groups is 1. The molecule has 2 saturated heterocycles. The lowest BCUT2D eigenvalue weighted by atomic mass is 9.83. The summed E-state index contributed by atoms with van der Waals surface area (Å²) >= 11 is 0. The van der Waals surface area contributed by atoms with Crippen molar-refractivity contribution < 1.29 is 110 Å². The highest BCUT2D eigenvalue weighted by atomic mass is 16.8. The van der Waals surface area contributed by atoms with Crippen molar-refractivity contribution >= 4 is 54.2 Å². The molecule has 3 rings (SSSR count). The maximum absolute atomic E-state index is 13.6. The molecule has 5 N–H and O–H groups in total. The molecule has 0 unspecified atom stereocenters. The van der Waals surface area contributed by atoms with Crippen LogP contribution in [0.1, 0.15) is 124 Å². The lowest BCUT2D eigenvalue weighted by Crippen LogP contribution is -2.68. The number of esters is 5. The van der Waals surface area contributed by atoms with E-state index in [1.54, 1.807) is 83.1 Å². The number of aliphatic hydroxyl groups excluding tert-OH is 1. The third kappa shape index (κ3) is 20.9. The number of carbonyl (C=O) groups excluding carboxylic acids is 9. The second kappa shape index (κ2) is 25.6. The van der Waals surface area contributed by atoms with E-state index in [0.717, 1.165) is 34.6 Å². The van der Waals surface area contributed by atoms with Gasteiger partial charge in [0.2, 0.25) is 0 Å². The van der Waals surface area contributed by atoms with Gasteiger partial charge < -0.3 is 88.0 Å². The Balaban J connectivity index is 2.27. The molecule has 1 saturated carbocycles. The molecular weight excluding hydrogens is 989 g/mol. The minimum atomic E-state index is -1.90. The second-order valence-corrected chi connectivity index (χ2v) is 21.7. The second-order valence-electron chi connectivity index (χ2n) is 21.7.